The highest BCUT2D eigenvalue weighted by atomic mass is 32.1. The lowest BCUT2D eigenvalue weighted by molar-refractivity contribution is 1.11. The van der Waals surface area contributed by atoms with Gasteiger partial charge in [0.2, 0.25) is 0 Å². The van der Waals surface area contributed by atoms with E-state index in [1.54, 1.807) is 0 Å². The second-order valence-electron chi connectivity index (χ2n) is 2.19. The highest BCUT2D eigenvalue weighted by Crippen LogP contribution is 1.97. The van der Waals surface area contributed by atoms with Gasteiger partial charge in [0.05, 0.1) is 6.20 Å². The van der Waals surface area contributed by atoms with Crippen LogP contribution in [0.15, 0.2) is 17.3 Å². The minimum atomic E-state index is -0.327. The summed E-state index contributed by atoms with van der Waals surface area (Å²) in [7, 11) is 0. The summed E-state index contributed by atoms with van der Waals surface area (Å²) < 4.78 is 0.126. The number of fused-ring (bicyclic) bond motifs is 1. The third-order valence-electron chi connectivity index (χ3n) is 1.40. The van der Waals surface area contributed by atoms with Crippen molar-refractivity contribution in [1.82, 2.24) is 19.9 Å². The Hall–Kier alpha value is -1.56. The molecule has 2 rings (SSSR count). The SMILES string of the molecule is O=c1[nH]c2cncnc2[nH]c1=S. The Morgan fingerprint density at radius 2 is 2.25 bits per heavy atom. The minimum absolute atomic E-state index is 0.126. The van der Waals surface area contributed by atoms with Gasteiger partial charge in [-0.25, -0.2) is 9.97 Å². The van der Waals surface area contributed by atoms with Crippen LogP contribution in [0.4, 0.5) is 0 Å². The van der Waals surface area contributed by atoms with Crippen LogP contribution < -0.4 is 5.56 Å². The van der Waals surface area contributed by atoms with Crippen molar-refractivity contribution in [3.63, 3.8) is 0 Å². The van der Waals surface area contributed by atoms with Crippen molar-refractivity contribution < 1.29 is 0 Å². The second kappa shape index (κ2) is 2.49. The fraction of sp³-hybridized carbons (Fsp3) is 0. The lowest BCUT2D eigenvalue weighted by Crippen LogP contribution is -2.08. The van der Waals surface area contributed by atoms with Crippen molar-refractivity contribution in [3.8, 4) is 0 Å². The third-order valence-corrected chi connectivity index (χ3v) is 1.69. The molecule has 0 saturated carbocycles. The summed E-state index contributed by atoms with van der Waals surface area (Å²) in [5.74, 6) is 0. The fourth-order valence-corrected chi connectivity index (χ4v) is 1.01. The van der Waals surface area contributed by atoms with E-state index in [1.807, 2.05) is 0 Å². The second-order valence-corrected chi connectivity index (χ2v) is 2.60. The Kier molecular flexibility index (Phi) is 1.47. The lowest BCUT2D eigenvalue weighted by atomic mass is 10.5. The Balaban J connectivity index is 3.03. The van der Waals surface area contributed by atoms with Crippen molar-refractivity contribution in [1.29, 1.82) is 0 Å². The molecule has 0 aliphatic carbocycles. The van der Waals surface area contributed by atoms with E-state index in [0.29, 0.717) is 11.2 Å². The first-order valence-corrected chi connectivity index (χ1v) is 3.60. The molecular formula is C6H4N4OS. The van der Waals surface area contributed by atoms with Crippen LogP contribution in [-0.4, -0.2) is 19.9 Å². The molecule has 5 nitrogen and oxygen atoms in total. The number of rotatable bonds is 0. The largest absolute Gasteiger partial charge is 0.325 e. The molecule has 0 radical (unpaired) electrons. The number of aromatic nitrogens is 4. The van der Waals surface area contributed by atoms with Crippen LogP contribution >= 0.6 is 12.2 Å². The van der Waals surface area contributed by atoms with Gasteiger partial charge in [-0.2, -0.15) is 0 Å². The van der Waals surface area contributed by atoms with Crippen LogP contribution in [0.3, 0.4) is 0 Å². The Morgan fingerprint density at radius 3 is 3.08 bits per heavy atom. The van der Waals surface area contributed by atoms with Gasteiger partial charge in [-0.05, 0) is 0 Å². The van der Waals surface area contributed by atoms with Crippen LogP contribution in [0.5, 0.6) is 0 Å². The van der Waals surface area contributed by atoms with Gasteiger partial charge >= 0.3 is 0 Å². The van der Waals surface area contributed by atoms with E-state index >= 15 is 0 Å². The molecule has 6 heteroatoms. The quantitative estimate of drug-likeness (QED) is 0.574. The molecule has 0 aliphatic heterocycles. The summed E-state index contributed by atoms with van der Waals surface area (Å²) in [4.78, 5) is 23.8. The molecule has 0 aliphatic rings. The molecule has 0 amide bonds. The van der Waals surface area contributed by atoms with E-state index in [1.165, 1.54) is 12.5 Å². The van der Waals surface area contributed by atoms with E-state index in [4.69, 9.17) is 12.2 Å². The Labute approximate surface area is 71.5 Å². The minimum Gasteiger partial charge on any atom is -0.325 e. The molecule has 2 aromatic rings. The molecule has 0 aromatic carbocycles. The normalized spacial score (nSPS) is 10.3. The predicted octanol–water partition coefficient (Wildman–Crippen LogP) is 0.376. The third kappa shape index (κ3) is 1.02. The van der Waals surface area contributed by atoms with Gasteiger partial charge < -0.3 is 9.97 Å². The number of hydrogen-bond acceptors (Lipinski definition) is 4. The molecule has 0 atom stereocenters. The molecule has 60 valence electrons. The summed E-state index contributed by atoms with van der Waals surface area (Å²) in [6.07, 6.45) is 2.89. The topological polar surface area (TPSA) is 74.4 Å². The van der Waals surface area contributed by atoms with E-state index < -0.39 is 0 Å². The van der Waals surface area contributed by atoms with Gasteiger partial charge in [0.15, 0.2) is 10.3 Å². The van der Waals surface area contributed by atoms with Gasteiger partial charge in [0.1, 0.15) is 11.8 Å². The first-order chi connectivity index (χ1) is 5.77. The van der Waals surface area contributed by atoms with Crippen LogP contribution in [0.25, 0.3) is 11.2 Å². The summed E-state index contributed by atoms with van der Waals surface area (Å²) in [6.45, 7) is 0. The number of nitrogens with one attached hydrogen (secondary N) is 2. The molecule has 2 heterocycles. The summed E-state index contributed by atoms with van der Waals surface area (Å²) in [6, 6.07) is 0. The molecule has 0 spiro atoms. The van der Waals surface area contributed by atoms with Crippen LogP contribution in [0.2, 0.25) is 0 Å². The van der Waals surface area contributed by atoms with Crippen molar-refractivity contribution in [2.75, 3.05) is 0 Å². The van der Waals surface area contributed by atoms with Crippen molar-refractivity contribution in [2.24, 2.45) is 0 Å². The van der Waals surface area contributed by atoms with Crippen molar-refractivity contribution in [2.45, 2.75) is 0 Å². The van der Waals surface area contributed by atoms with Gasteiger partial charge in [0, 0.05) is 0 Å². The zero-order valence-electron chi connectivity index (χ0n) is 5.87. The smallest absolute Gasteiger partial charge is 0.283 e. The maximum Gasteiger partial charge on any atom is 0.283 e. The van der Waals surface area contributed by atoms with E-state index in [9.17, 15) is 4.79 Å². The number of hydrogen-bond donors (Lipinski definition) is 2. The molecule has 2 aromatic heterocycles. The first-order valence-electron chi connectivity index (χ1n) is 3.20. The molecule has 2 N–H and O–H groups in total. The maximum absolute atomic E-state index is 11.0. The Bertz CT molecular complexity index is 480. The van der Waals surface area contributed by atoms with Gasteiger partial charge in [-0.1, -0.05) is 12.2 Å². The average Bonchev–Trinajstić information content (AvgIpc) is 2.07. The van der Waals surface area contributed by atoms with Crippen molar-refractivity contribution in [3.05, 3.63) is 27.5 Å². The molecule has 0 bridgehead atoms. The van der Waals surface area contributed by atoms with Gasteiger partial charge in [0.25, 0.3) is 5.56 Å². The van der Waals surface area contributed by atoms with Crippen LogP contribution in [0.1, 0.15) is 0 Å². The Morgan fingerprint density at radius 1 is 1.42 bits per heavy atom. The van der Waals surface area contributed by atoms with Crippen LogP contribution in [-0.2, 0) is 0 Å². The highest BCUT2D eigenvalue weighted by molar-refractivity contribution is 7.71. The molecule has 12 heavy (non-hydrogen) atoms. The summed E-state index contributed by atoms with van der Waals surface area (Å²) >= 11 is 4.72. The molecule has 0 fully saturated rings. The maximum atomic E-state index is 11.0. The van der Waals surface area contributed by atoms with Crippen LogP contribution in [0, 0.1) is 4.64 Å². The monoisotopic (exact) mass is 180 g/mol. The zero-order chi connectivity index (χ0) is 8.55. The van der Waals surface area contributed by atoms with Gasteiger partial charge in [-0.15, -0.1) is 0 Å². The van der Waals surface area contributed by atoms with E-state index in [0.717, 1.165) is 0 Å². The van der Waals surface area contributed by atoms with Crippen molar-refractivity contribution >= 4 is 23.4 Å². The predicted molar refractivity (Wildman–Crippen MR) is 45.3 cm³/mol. The lowest BCUT2D eigenvalue weighted by Gasteiger charge is -1.93. The highest BCUT2D eigenvalue weighted by Gasteiger charge is 1.95. The average molecular weight is 180 g/mol. The van der Waals surface area contributed by atoms with E-state index in [-0.39, 0.29) is 10.2 Å². The summed E-state index contributed by atoms with van der Waals surface area (Å²) in [5, 5.41) is 0. The molecule has 0 unspecified atom stereocenters. The molecular weight excluding hydrogens is 176 g/mol. The fourth-order valence-electron chi connectivity index (χ4n) is 0.864. The van der Waals surface area contributed by atoms with E-state index in [2.05, 4.69) is 19.9 Å². The summed E-state index contributed by atoms with van der Waals surface area (Å²) in [5.41, 5.74) is 0.762. The zero-order valence-corrected chi connectivity index (χ0v) is 6.68. The molecule has 0 saturated heterocycles. The standard InChI is InChI=1S/C6H4N4OS/c11-5-6(12)10-4-3(9-5)1-7-2-8-4/h1-2H,(H,9,11)(H,7,8,10,12). The number of nitrogens with zero attached hydrogens (tertiary/aromatic N) is 2. The number of H-pyrrole nitrogens is 2. The first kappa shape index (κ1) is 7.11. The number of aromatic amines is 2. The van der Waals surface area contributed by atoms with Gasteiger partial charge in [-0.3, -0.25) is 4.79 Å².